The van der Waals surface area contributed by atoms with Crippen LogP contribution >= 0.6 is 23.1 Å². The Labute approximate surface area is 189 Å². The molecule has 0 aliphatic heterocycles. The summed E-state index contributed by atoms with van der Waals surface area (Å²) in [4.78, 5) is 24.7. The molecule has 0 bridgehead atoms. The molecule has 160 valence electrons. The summed E-state index contributed by atoms with van der Waals surface area (Å²) in [6, 6.07) is 17.8. The van der Waals surface area contributed by atoms with E-state index in [1.807, 2.05) is 42.5 Å². The molecule has 0 radical (unpaired) electrons. The van der Waals surface area contributed by atoms with Gasteiger partial charge in [-0.3, -0.25) is 14.9 Å². The van der Waals surface area contributed by atoms with Gasteiger partial charge in [0, 0.05) is 11.6 Å². The van der Waals surface area contributed by atoms with Gasteiger partial charge in [0.2, 0.25) is 11.0 Å². The van der Waals surface area contributed by atoms with E-state index < -0.39 is 0 Å². The van der Waals surface area contributed by atoms with Gasteiger partial charge in [0.1, 0.15) is 0 Å². The van der Waals surface area contributed by atoms with Crippen molar-refractivity contribution < 1.29 is 9.59 Å². The Morgan fingerprint density at radius 2 is 1.65 bits per heavy atom. The van der Waals surface area contributed by atoms with Gasteiger partial charge in [0.15, 0.2) is 4.34 Å². The summed E-state index contributed by atoms with van der Waals surface area (Å²) in [7, 11) is 0. The van der Waals surface area contributed by atoms with Gasteiger partial charge < -0.3 is 5.32 Å². The van der Waals surface area contributed by atoms with Crippen molar-refractivity contribution in [2.45, 2.75) is 42.5 Å². The quantitative estimate of drug-likeness (QED) is 0.389. The third kappa shape index (κ3) is 6.15. The van der Waals surface area contributed by atoms with Crippen LogP contribution in [0.3, 0.4) is 0 Å². The number of hydrogen-bond acceptors (Lipinski definition) is 6. The van der Waals surface area contributed by atoms with E-state index in [1.165, 1.54) is 42.4 Å². The van der Waals surface area contributed by atoms with E-state index in [2.05, 4.69) is 20.8 Å². The number of nitrogens with one attached hydrogen (secondary N) is 2. The first kappa shape index (κ1) is 21.5. The molecule has 4 rings (SSSR count). The molecule has 31 heavy (non-hydrogen) atoms. The molecular formula is C23H24N4O2S2. The number of carbonyl (C=O) groups excluding carboxylic acids is 2. The molecule has 1 aliphatic carbocycles. The number of anilines is 1. The van der Waals surface area contributed by atoms with E-state index in [-0.39, 0.29) is 11.8 Å². The fourth-order valence-electron chi connectivity index (χ4n) is 3.58. The maximum atomic E-state index is 12.5. The highest BCUT2D eigenvalue weighted by Crippen LogP contribution is 2.26. The van der Waals surface area contributed by atoms with Crippen molar-refractivity contribution >= 4 is 40.0 Å². The molecule has 1 aromatic heterocycles. The number of amides is 2. The topological polar surface area (TPSA) is 84.0 Å². The van der Waals surface area contributed by atoms with E-state index in [1.54, 1.807) is 12.1 Å². The lowest BCUT2D eigenvalue weighted by molar-refractivity contribution is -0.119. The lowest BCUT2D eigenvalue weighted by Gasteiger charge is -2.22. The second-order valence-corrected chi connectivity index (χ2v) is 9.66. The Morgan fingerprint density at radius 3 is 2.39 bits per heavy atom. The normalized spacial score (nSPS) is 14.2. The molecule has 6 nitrogen and oxygen atoms in total. The first-order chi connectivity index (χ1) is 15.2. The highest BCUT2D eigenvalue weighted by Gasteiger charge is 2.17. The van der Waals surface area contributed by atoms with Gasteiger partial charge in [0.25, 0.3) is 5.91 Å². The zero-order valence-corrected chi connectivity index (χ0v) is 18.7. The van der Waals surface area contributed by atoms with Crippen LogP contribution in [-0.4, -0.2) is 33.8 Å². The summed E-state index contributed by atoms with van der Waals surface area (Å²) in [5, 5.41) is 14.4. The van der Waals surface area contributed by atoms with Crippen molar-refractivity contribution in [3.63, 3.8) is 0 Å². The van der Waals surface area contributed by atoms with Gasteiger partial charge in [-0.15, -0.1) is 10.2 Å². The van der Waals surface area contributed by atoms with Crippen molar-refractivity contribution in [2.75, 3.05) is 11.1 Å². The van der Waals surface area contributed by atoms with Crippen LogP contribution in [0.15, 0.2) is 58.9 Å². The fourth-order valence-corrected chi connectivity index (χ4v) is 5.13. The van der Waals surface area contributed by atoms with E-state index >= 15 is 0 Å². The minimum Gasteiger partial charge on any atom is -0.353 e. The van der Waals surface area contributed by atoms with Gasteiger partial charge in [-0.25, -0.2) is 0 Å². The third-order valence-electron chi connectivity index (χ3n) is 5.18. The van der Waals surface area contributed by atoms with Gasteiger partial charge in [-0.2, -0.15) is 0 Å². The summed E-state index contributed by atoms with van der Waals surface area (Å²) in [5.74, 6) is 0.0959. The number of hydrogen-bond donors (Lipinski definition) is 2. The minimum absolute atomic E-state index is 0.0243. The van der Waals surface area contributed by atoms with Crippen molar-refractivity contribution in [1.29, 1.82) is 0 Å². The molecule has 0 spiro atoms. The SMILES string of the molecule is O=C(CSc1nnc(NC(=O)c2ccc(-c3ccccc3)cc2)s1)NC1CCCCC1. The average Bonchev–Trinajstić information content (AvgIpc) is 3.26. The molecule has 3 aromatic rings. The first-order valence-corrected chi connectivity index (χ1v) is 12.2. The zero-order valence-electron chi connectivity index (χ0n) is 17.0. The molecule has 2 aromatic carbocycles. The number of carbonyl (C=O) groups is 2. The van der Waals surface area contributed by atoms with Crippen molar-refractivity contribution in [1.82, 2.24) is 15.5 Å². The highest BCUT2D eigenvalue weighted by molar-refractivity contribution is 8.01. The predicted molar refractivity (Wildman–Crippen MR) is 125 cm³/mol. The van der Waals surface area contributed by atoms with Crippen LogP contribution < -0.4 is 10.6 Å². The summed E-state index contributed by atoms with van der Waals surface area (Å²) in [5.41, 5.74) is 2.71. The molecule has 2 N–H and O–H groups in total. The maximum Gasteiger partial charge on any atom is 0.257 e. The van der Waals surface area contributed by atoms with Crippen LogP contribution in [0.4, 0.5) is 5.13 Å². The van der Waals surface area contributed by atoms with E-state index in [0.717, 1.165) is 24.0 Å². The number of nitrogens with zero attached hydrogens (tertiary/aromatic N) is 2. The van der Waals surface area contributed by atoms with E-state index in [4.69, 9.17) is 0 Å². The number of rotatable bonds is 7. The molecule has 0 unspecified atom stereocenters. The van der Waals surface area contributed by atoms with Crippen molar-refractivity contribution in [3.8, 4) is 11.1 Å². The lowest BCUT2D eigenvalue weighted by Crippen LogP contribution is -2.37. The predicted octanol–water partition coefficient (Wildman–Crippen LogP) is 5.00. The first-order valence-electron chi connectivity index (χ1n) is 10.4. The zero-order chi connectivity index (χ0) is 21.5. The molecule has 1 saturated carbocycles. The largest absolute Gasteiger partial charge is 0.353 e. The molecule has 1 heterocycles. The Balaban J connectivity index is 1.27. The number of benzene rings is 2. The second-order valence-electron chi connectivity index (χ2n) is 7.46. The van der Waals surface area contributed by atoms with Gasteiger partial charge in [0.05, 0.1) is 5.75 Å². The molecule has 1 aliphatic rings. The van der Waals surface area contributed by atoms with E-state index in [0.29, 0.717) is 26.8 Å². The van der Waals surface area contributed by atoms with Crippen LogP contribution in [0.1, 0.15) is 42.5 Å². The molecule has 8 heteroatoms. The molecule has 1 fully saturated rings. The highest BCUT2D eigenvalue weighted by atomic mass is 32.2. The standard InChI is InChI=1S/C23H24N4O2S2/c28-20(24-19-9-5-2-6-10-19)15-30-23-27-26-22(31-23)25-21(29)18-13-11-17(12-14-18)16-7-3-1-4-8-16/h1,3-4,7-8,11-14,19H,2,5-6,9-10,15H2,(H,24,28)(H,25,26,29). The fraction of sp³-hybridized carbons (Fsp3) is 0.304. The third-order valence-corrected chi connectivity index (χ3v) is 7.15. The number of thioether (sulfide) groups is 1. The Hall–Kier alpha value is -2.71. The molecular weight excluding hydrogens is 428 g/mol. The molecule has 2 amide bonds. The van der Waals surface area contributed by atoms with Gasteiger partial charge in [-0.05, 0) is 36.1 Å². The van der Waals surface area contributed by atoms with Crippen LogP contribution in [-0.2, 0) is 4.79 Å². The summed E-state index contributed by atoms with van der Waals surface area (Å²) >= 11 is 2.61. The van der Waals surface area contributed by atoms with Crippen LogP contribution in [0.2, 0.25) is 0 Å². The summed E-state index contributed by atoms with van der Waals surface area (Å²) in [6.07, 6.45) is 5.77. The summed E-state index contributed by atoms with van der Waals surface area (Å²) in [6.45, 7) is 0. The van der Waals surface area contributed by atoms with Crippen molar-refractivity contribution in [2.24, 2.45) is 0 Å². The Bertz CT molecular complexity index is 1020. The summed E-state index contributed by atoms with van der Waals surface area (Å²) < 4.78 is 0.661. The monoisotopic (exact) mass is 452 g/mol. The average molecular weight is 453 g/mol. The van der Waals surface area contributed by atoms with Crippen LogP contribution in [0.5, 0.6) is 0 Å². The smallest absolute Gasteiger partial charge is 0.257 e. The van der Waals surface area contributed by atoms with Crippen LogP contribution in [0, 0.1) is 0 Å². The van der Waals surface area contributed by atoms with Gasteiger partial charge in [-0.1, -0.05) is 84.8 Å². The Morgan fingerprint density at radius 1 is 0.935 bits per heavy atom. The molecule has 0 saturated heterocycles. The van der Waals surface area contributed by atoms with E-state index in [9.17, 15) is 9.59 Å². The van der Waals surface area contributed by atoms with Gasteiger partial charge >= 0.3 is 0 Å². The Kier molecular flexibility index (Phi) is 7.32. The maximum absolute atomic E-state index is 12.5. The minimum atomic E-state index is -0.234. The van der Waals surface area contributed by atoms with Crippen molar-refractivity contribution in [3.05, 3.63) is 60.2 Å². The second kappa shape index (κ2) is 10.5. The molecule has 0 atom stereocenters. The lowest BCUT2D eigenvalue weighted by atomic mass is 9.95. The van der Waals surface area contributed by atoms with Crippen LogP contribution in [0.25, 0.3) is 11.1 Å². The number of aromatic nitrogens is 2.